The third-order valence-electron chi connectivity index (χ3n) is 2.58. The summed E-state index contributed by atoms with van der Waals surface area (Å²) in [7, 11) is -3.59. The van der Waals surface area contributed by atoms with Crippen molar-refractivity contribution in [2.75, 3.05) is 4.72 Å². The highest BCUT2D eigenvalue weighted by molar-refractivity contribution is 7.92. The van der Waals surface area contributed by atoms with Crippen molar-refractivity contribution in [3.8, 4) is 0 Å². The molecule has 0 unspecified atom stereocenters. The smallest absolute Gasteiger partial charge is 0.265 e. The van der Waals surface area contributed by atoms with Crippen LogP contribution < -0.4 is 4.72 Å². The van der Waals surface area contributed by atoms with Crippen LogP contribution in [0.2, 0.25) is 0 Å². The van der Waals surface area contributed by atoms with Gasteiger partial charge in [0.05, 0.1) is 17.6 Å². The van der Waals surface area contributed by atoms with E-state index in [2.05, 4.69) is 14.8 Å². The zero-order valence-corrected chi connectivity index (χ0v) is 11.0. The highest BCUT2D eigenvalue weighted by atomic mass is 32.2. The van der Waals surface area contributed by atoms with Crippen LogP contribution in [-0.4, -0.2) is 23.2 Å². The minimum absolute atomic E-state index is 0.196. The van der Waals surface area contributed by atoms with Crippen molar-refractivity contribution in [1.82, 2.24) is 14.8 Å². The minimum atomic E-state index is -3.59. The lowest BCUT2D eigenvalue weighted by atomic mass is 10.4. The molecule has 96 valence electrons. The van der Waals surface area contributed by atoms with E-state index < -0.39 is 10.0 Å². The van der Waals surface area contributed by atoms with Gasteiger partial charge in [-0.05, 0) is 26.0 Å². The quantitative estimate of drug-likeness (QED) is 0.907. The summed E-state index contributed by atoms with van der Waals surface area (Å²) in [5.74, 6) is 0. The molecule has 0 fully saturated rings. The van der Waals surface area contributed by atoms with Gasteiger partial charge in [-0.25, -0.2) is 8.42 Å². The summed E-state index contributed by atoms with van der Waals surface area (Å²) in [6.07, 6.45) is 4.42. The number of hydrogen-bond donors (Lipinski definition) is 1. The van der Waals surface area contributed by atoms with Crippen molar-refractivity contribution in [1.29, 1.82) is 0 Å². The van der Waals surface area contributed by atoms with Gasteiger partial charge in [0.1, 0.15) is 4.90 Å². The number of sulfonamides is 1. The minimum Gasteiger partial charge on any atom is -0.279 e. The number of nitrogens with zero attached hydrogens (tertiary/aromatic N) is 3. The molecule has 0 saturated carbocycles. The van der Waals surface area contributed by atoms with Crippen LogP contribution in [0.5, 0.6) is 0 Å². The Morgan fingerprint density at radius 2 is 2.00 bits per heavy atom. The Balaban J connectivity index is 2.34. The topological polar surface area (TPSA) is 76.9 Å². The van der Waals surface area contributed by atoms with Gasteiger partial charge in [0, 0.05) is 18.9 Å². The zero-order chi connectivity index (χ0) is 13.2. The molecular weight excluding hydrogens is 252 g/mol. The van der Waals surface area contributed by atoms with Crippen LogP contribution >= 0.6 is 0 Å². The van der Waals surface area contributed by atoms with E-state index in [9.17, 15) is 8.42 Å². The highest BCUT2D eigenvalue weighted by Crippen LogP contribution is 2.18. The van der Waals surface area contributed by atoms with E-state index in [0.717, 1.165) is 0 Å². The Labute approximate surface area is 106 Å². The predicted molar refractivity (Wildman–Crippen MR) is 67.7 cm³/mol. The first-order valence-electron chi connectivity index (χ1n) is 5.50. The molecule has 6 nitrogen and oxygen atoms in total. The summed E-state index contributed by atoms with van der Waals surface area (Å²) in [6.45, 7) is 4.28. The molecule has 2 aromatic heterocycles. The van der Waals surface area contributed by atoms with E-state index in [-0.39, 0.29) is 4.90 Å². The lowest BCUT2D eigenvalue weighted by Crippen LogP contribution is -2.14. The van der Waals surface area contributed by atoms with Crippen LogP contribution in [0.4, 0.5) is 5.69 Å². The molecule has 0 radical (unpaired) electrons. The van der Waals surface area contributed by atoms with Crippen LogP contribution in [0, 0.1) is 6.92 Å². The number of anilines is 1. The molecule has 0 aliphatic rings. The largest absolute Gasteiger partial charge is 0.279 e. The first-order chi connectivity index (χ1) is 8.54. The van der Waals surface area contributed by atoms with Gasteiger partial charge in [-0.1, -0.05) is 0 Å². The predicted octanol–water partition coefficient (Wildman–Crippen LogP) is 1.41. The molecule has 0 aromatic carbocycles. The second-order valence-corrected chi connectivity index (χ2v) is 5.40. The van der Waals surface area contributed by atoms with Crippen LogP contribution in [0.15, 0.2) is 35.6 Å². The summed E-state index contributed by atoms with van der Waals surface area (Å²) < 4.78 is 28.5. The summed E-state index contributed by atoms with van der Waals surface area (Å²) in [5.41, 5.74) is 1.10. The molecule has 0 aliphatic carbocycles. The van der Waals surface area contributed by atoms with Crippen LogP contribution in [0.25, 0.3) is 0 Å². The van der Waals surface area contributed by atoms with Crippen molar-refractivity contribution >= 4 is 15.7 Å². The van der Waals surface area contributed by atoms with Crippen molar-refractivity contribution in [2.24, 2.45) is 0 Å². The average molecular weight is 266 g/mol. The Bertz CT molecular complexity index is 634. The van der Waals surface area contributed by atoms with Gasteiger partial charge >= 0.3 is 0 Å². The highest BCUT2D eigenvalue weighted by Gasteiger charge is 2.20. The van der Waals surface area contributed by atoms with Gasteiger partial charge in [-0.3, -0.25) is 14.4 Å². The molecule has 7 heteroatoms. The molecule has 0 aliphatic heterocycles. The standard InChI is InChI=1S/C11H14N4O2S/c1-3-15-9(2)11(8-13-15)18(16,17)14-10-4-6-12-7-5-10/h4-8H,3H2,1-2H3,(H,12,14). The van der Waals surface area contributed by atoms with Crippen molar-refractivity contribution in [3.63, 3.8) is 0 Å². The Kier molecular flexibility index (Phi) is 3.33. The zero-order valence-electron chi connectivity index (χ0n) is 10.2. The molecule has 0 amide bonds. The number of aromatic nitrogens is 3. The summed E-state index contributed by atoms with van der Waals surface area (Å²) in [5, 5.41) is 4.03. The monoisotopic (exact) mass is 266 g/mol. The Hall–Kier alpha value is -1.89. The third kappa shape index (κ3) is 2.35. The first kappa shape index (κ1) is 12.6. The Morgan fingerprint density at radius 3 is 2.56 bits per heavy atom. The molecule has 1 N–H and O–H groups in total. The fourth-order valence-corrected chi connectivity index (χ4v) is 2.88. The molecule has 0 bridgehead atoms. The van der Waals surface area contributed by atoms with Crippen LogP contribution in [0.1, 0.15) is 12.6 Å². The molecule has 0 spiro atoms. The van der Waals surface area contributed by atoms with Crippen LogP contribution in [0.3, 0.4) is 0 Å². The summed E-state index contributed by atoms with van der Waals surface area (Å²) in [4.78, 5) is 4.03. The van der Waals surface area contributed by atoms with E-state index >= 15 is 0 Å². The van der Waals surface area contributed by atoms with Crippen molar-refractivity contribution < 1.29 is 8.42 Å². The van der Waals surface area contributed by atoms with E-state index in [1.54, 1.807) is 23.7 Å². The van der Waals surface area contributed by atoms with Crippen molar-refractivity contribution in [3.05, 3.63) is 36.4 Å². The molecule has 2 aromatic rings. The van der Waals surface area contributed by atoms with E-state index in [1.807, 2.05) is 6.92 Å². The molecular formula is C11H14N4O2S. The van der Waals surface area contributed by atoms with E-state index in [0.29, 0.717) is 17.9 Å². The second kappa shape index (κ2) is 4.77. The third-order valence-corrected chi connectivity index (χ3v) is 4.06. The van der Waals surface area contributed by atoms with Gasteiger partial charge in [-0.15, -0.1) is 0 Å². The maximum Gasteiger partial charge on any atom is 0.265 e. The lowest BCUT2D eigenvalue weighted by Gasteiger charge is -2.07. The van der Waals surface area contributed by atoms with Gasteiger partial charge in [0.25, 0.3) is 10.0 Å². The molecule has 2 rings (SSSR count). The van der Waals surface area contributed by atoms with E-state index in [4.69, 9.17) is 0 Å². The molecule has 2 heterocycles. The number of aryl methyl sites for hydroxylation is 1. The number of hydrogen-bond acceptors (Lipinski definition) is 4. The van der Waals surface area contributed by atoms with Gasteiger partial charge < -0.3 is 0 Å². The van der Waals surface area contributed by atoms with Gasteiger partial charge in [0.2, 0.25) is 0 Å². The Morgan fingerprint density at radius 1 is 1.33 bits per heavy atom. The maximum atomic E-state index is 12.2. The lowest BCUT2D eigenvalue weighted by molar-refractivity contribution is 0.598. The SMILES string of the molecule is CCn1ncc(S(=O)(=O)Nc2ccncc2)c1C. The normalized spacial score (nSPS) is 11.4. The first-order valence-corrected chi connectivity index (χ1v) is 6.98. The number of pyridine rings is 1. The number of nitrogens with one attached hydrogen (secondary N) is 1. The van der Waals surface area contributed by atoms with Gasteiger partial charge in [0.15, 0.2) is 0 Å². The molecule has 0 saturated heterocycles. The van der Waals surface area contributed by atoms with Crippen molar-refractivity contribution in [2.45, 2.75) is 25.3 Å². The second-order valence-electron chi connectivity index (χ2n) is 3.75. The fourth-order valence-electron chi connectivity index (χ4n) is 1.64. The average Bonchev–Trinajstić information content (AvgIpc) is 2.72. The van der Waals surface area contributed by atoms with E-state index in [1.165, 1.54) is 18.6 Å². The summed E-state index contributed by atoms with van der Waals surface area (Å²) in [6, 6.07) is 3.19. The number of rotatable bonds is 4. The summed E-state index contributed by atoms with van der Waals surface area (Å²) >= 11 is 0. The fraction of sp³-hybridized carbons (Fsp3) is 0.273. The molecule has 18 heavy (non-hydrogen) atoms. The maximum absolute atomic E-state index is 12.2. The van der Waals surface area contributed by atoms with Gasteiger partial charge in [-0.2, -0.15) is 5.10 Å². The van der Waals surface area contributed by atoms with Crippen LogP contribution in [-0.2, 0) is 16.6 Å². The molecule has 0 atom stereocenters.